The number of benzene rings is 1. The van der Waals surface area contributed by atoms with Crippen LogP contribution < -0.4 is 10.1 Å². The Morgan fingerprint density at radius 2 is 2.29 bits per heavy atom. The number of hydrogen-bond donors (Lipinski definition) is 2. The molecule has 0 aromatic heterocycles. The van der Waals surface area contributed by atoms with E-state index < -0.39 is 0 Å². The summed E-state index contributed by atoms with van der Waals surface area (Å²) in [5.41, 5.74) is 1.12. The molecule has 21 heavy (non-hydrogen) atoms. The maximum absolute atomic E-state index is 11.9. The number of nitrogens with one attached hydrogen (secondary N) is 1. The van der Waals surface area contributed by atoms with E-state index in [-0.39, 0.29) is 18.6 Å². The smallest absolute Gasteiger partial charge is 0.317 e. The van der Waals surface area contributed by atoms with Crippen molar-refractivity contribution in [3.8, 4) is 5.75 Å². The van der Waals surface area contributed by atoms with Crippen molar-refractivity contribution >= 4 is 6.03 Å². The van der Waals surface area contributed by atoms with Crippen LogP contribution in [0.1, 0.15) is 18.4 Å². The monoisotopic (exact) mass is 292 g/mol. The Balaban J connectivity index is 1.60. The van der Waals surface area contributed by atoms with Crippen molar-refractivity contribution in [2.24, 2.45) is 5.92 Å². The predicted molar refractivity (Wildman–Crippen MR) is 81.5 cm³/mol. The second-order valence-electron chi connectivity index (χ2n) is 5.48. The van der Waals surface area contributed by atoms with Gasteiger partial charge in [0, 0.05) is 32.2 Å². The van der Waals surface area contributed by atoms with Crippen molar-refractivity contribution in [1.82, 2.24) is 10.2 Å². The minimum atomic E-state index is -0.0400. The molecule has 1 unspecified atom stereocenters. The minimum absolute atomic E-state index is 0.0400. The van der Waals surface area contributed by atoms with Crippen molar-refractivity contribution < 1.29 is 14.6 Å². The first kappa shape index (κ1) is 15.6. The molecule has 5 heteroatoms. The topological polar surface area (TPSA) is 61.8 Å². The number of aryl methyl sites for hydroxylation is 1. The van der Waals surface area contributed by atoms with E-state index in [1.165, 1.54) is 0 Å². The number of urea groups is 1. The van der Waals surface area contributed by atoms with E-state index in [0.717, 1.165) is 30.7 Å². The fourth-order valence-corrected chi connectivity index (χ4v) is 2.45. The summed E-state index contributed by atoms with van der Waals surface area (Å²) >= 11 is 0. The van der Waals surface area contributed by atoms with Crippen LogP contribution in [0.3, 0.4) is 0 Å². The van der Waals surface area contributed by atoms with Gasteiger partial charge in [0.15, 0.2) is 0 Å². The van der Waals surface area contributed by atoms with Gasteiger partial charge in [-0.2, -0.15) is 0 Å². The van der Waals surface area contributed by atoms with Crippen LogP contribution in [0.5, 0.6) is 5.75 Å². The zero-order chi connectivity index (χ0) is 15.1. The molecule has 0 saturated carbocycles. The number of aliphatic hydroxyl groups excluding tert-OH is 1. The van der Waals surface area contributed by atoms with Gasteiger partial charge < -0.3 is 20.1 Å². The number of amides is 2. The molecule has 0 bridgehead atoms. The molecule has 1 aromatic carbocycles. The van der Waals surface area contributed by atoms with Crippen LogP contribution in [-0.4, -0.2) is 48.9 Å². The van der Waals surface area contributed by atoms with Gasteiger partial charge in [-0.3, -0.25) is 0 Å². The summed E-state index contributed by atoms with van der Waals surface area (Å²) in [6, 6.07) is 7.87. The van der Waals surface area contributed by atoms with Crippen LogP contribution in [0.15, 0.2) is 24.3 Å². The van der Waals surface area contributed by atoms with E-state index in [1.54, 1.807) is 4.90 Å². The first-order valence-corrected chi connectivity index (χ1v) is 7.52. The Labute approximate surface area is 125 Å². The number of carbonyl (C=O) groups excluding carboxylic acids is 1. The van der Waals surface area contributed by atoms with E-state index in [9.17, 15) is 4.79 Å². The van der Waals surface area contributed by atoms with Crippen molar-refractivity contribution in [2.75, 3.05) is 32.8 Å². The minimum Gasteiger partial charge on any atom is -0.493 e. The largest absolute Gasteiger partial charge is 0.493 e. The summed E-state index contributed by atoms with van der Waals surface area (Å²) in [7, 11) is 0. The first-order chi connectivity index (χ1) is 10.2. The number of hydrogen-bond acceptors (Lipinski definition) is 3. The van der Waals surface area contributed by atoms with Gasteiger partial charge in [-0.1, -0.05) is 18.2 Å². The summed E-state index contributed by atoms with van der Waals surface area (Å²) in [5.74, 6) is 1.13. The first-order valence-electron chi connectivity index (χ1n) is 7.52. The van der Waals surface area contributed by atoms with E-state index in [0.29, 0.717) is 19.7 Å². The SMILES string of the molecule is Cc1ccccc1OCCCNC(=O)N1CCC(CO)C1. The van der Waals surface area contributed by atoms with Crippen molar-refractivity contribution in [2.45, 2.75) is 19.8 Å². The average Bonchev–Trinajstić information content (AvgIpc) is 2.97. The molecule has 1 aliphatic rings. The number of rotatable bonds is 6. The molecule has 5 nitrogen and oxygen atoms in total. The molecule has 1 saturated heterocycles. The fraction of sp³-hybridized carbons (Fsp3) is 0.562. The molecule has 2 N–H and O–H groups in total. The zero-order valence-electron chi connectivity index (χ0n) is 12.5. The molecule has 1 aliphatic heterocycles. The molecule has 0 spiro atoms. The third-order valence-electron chi connectivity index (χ3n) is 3.78. The molecule has 1 fully saturated rings. The highest BCUT2D eigenvalue weighted by atomic mass is 16.5. The number of nitrogens with zero attached hydrogens (tertiary/aromatic N) is 1. The zero-order valence-corrected chi connectivity index (χ0v) is 12.5. The van der Waals surface area contributed by atoms with Gasteiger partial charge in [-0.25, -0.2) is 4.79 Å². The summed E-state index contributed by atoms with van der Waals surface area (Å²) in [6.45, 7) is 4.75. The lowest BCUT2D eigenvalue weighted by Crippen LogP contribution is -2.39. The Morgan fingerprint density at radius 1 is 1.48 bits per heavy atom. The van der Waals surface area contributed by atoms with Crippen LogP contribution in [0.4, 0.5) is 4.79 Å². The van der Waals surface area contributed by atoms with Crippen molar-refractivity contribution in [3.05, 3.63) is 29.8 Å². The molecule has 2 amide bonds. The number of carbonyl (C=O) groups is 1. The van der Waals surface area contributed by atoms with Gasteiger partial charge in [0.05, 0.1) is 6.61 Å². The van der Waals surface area contributed by atoms with Gasteiger partial charge in [0.2, 0.25) is 0 Å². The molecule has 116 valence electrons. The second-order valence-corrected chi connectivity index (χ2v) is 5.48. The van der Waals surface area contributed by atoms with Gasteiger partial charge >= 0.3 is 6.03 Å². The highest BCUT2D eigenvalue weighted by Gasteiger charge is 2.25. The Bertz CT molecular complexity index is 465. The van der Waals surface area contributed by atoms with E-state index in [1.807, 2.05) is 31.2 Å². The molecule has 1 aromatic rings. The molecular weight excluding hydrogens is 268 g/mol. The highest BCUT2D eigenvalue weighted by molar-refractivity contribution is 5.74. The van der Waals surface area contributed by atoms with E-state index in [2.05, 4.69) is 5.32 Å². The second kappa shape index (κ2) is 7.88. The predicted octanol–water partition coefficient (Wildman–Crippen LogP) is 1.79. The summed E-state index contributed by atoms with van der Waals surface area (Å²) in [5, 5.41) is 12.0. The van der Waals surface area contributed by atoms with Crippen molar-refractivity contribution in [1.29, 1.82) is 0 Å². The maximum atomic E-state index is 11.9. The van der Waals surface area contributed by atoms with Crippen LogP contribution in [0.2, 0.25) is 0 Å². The Hall–Kier alpha value is -1.75. The summed E-state index contributed by atoms with van der Waals surface area (Å²) < 4.78 is 5.68. The van der Waals surface area contributed by atoms with Gasteiger partial charge in [-0.15, -0.1) is 0 Å². The van der Waals surface area contributed by atoms with Crippen LogP contribution in [-0.2, 0) is 0 Å². The molecule has 1 heterocycles. The molecule has 2 rings (SSSR count). The normalized spacial score (nSPS) is 17.8. The number of likely N-dealkylation sites (tertiary alicyclic amines) is 1. The van der Waals surface area contributed by atoms with Crippen LogP contribution in [0.25, 0.3) is 0 Å². The standard InChI is InChI=1S/C16H24N2O3/c1-13-5-2-3-6-15(13)21-10-4-8-17-16(20)18-9-7-14(11-18)12-19/h2-3,5-6,14,19H,4,7-12H2,1H3,(H,17,20). The molecule has 0 aliphatic carbocycles. The molecule has 1 atom stereocenters. The lowest BCUT2D eigenvalue weighted by atomic mass is 10.1. The molecular formula is C16H24N2O3. The van der Waals surface area contributed by atoms with Crippen LogP contribution >= 0.6 is 0 Å². The van der Waals surface area contributed by atoms with E-state index in [4.69, 9.17) is 9.84 Å². The summed E-state index contributed by atoms with van der Waals surface area (Å²) in [4.78, 5) is 13.7. The lowest BCUT2D eigenvalue weighted by molar-refractivity contribution is 0.197. The quantitative estimate of drug-likeness (QED) is 0.786. The average molecular weight is 292 g/mol. The number of para-hydroxylation sites is 1. The third-order valence-corrected chi connectivity index (χ3v) is 3.78. The Kier molecular flexibility index (Phi) is 5.87. The molecule has 0 radical (unpaired) electrons. The van der Waals surface area contributed by atoms with Crippen LogP contribution in [0, 0.1) is 12.8 Å². The van der Waals surface area contributed by atoms with E-state index >= 15 is 0 Å². The Morgan fingerprint density at radius 3 is 3.00 bits per heavy atom. The highest BCUT2D eigenvalue weighted by Crippen LogP contribution is 2.16. The fourth-order valence-electron chi connectivity index (χ4n) is 2.45. The number of ether oxygens (including phenoxy) is 1. The van der Waals surface area contributed by atoms with Gasteiger partial charge in [-0.05, 0) is 31.4 Å². The maximum Gasteiger partial charge on any atom is 0.317 e. The lowest BCUT2D eigenvalue weighted by Gasteiger charge is -2.17. The van der Waals surface area contributed by atoms with Gasteiger partial charge in [0.1, 0.15) is 5.75 Å². The van der Waals surface area contributed by atoms with Gasteiger partial charge in [0.25, 0.3) is 0 Å². The van der Waals surface area contributed by atoms with Crippen molar-refractivity contribution in [3.63, 3.8) is 0 Å². The third kappa shape index (κ3) is 4.63. The number of aliphatic hydroxyl groups is 1. The summed E-state index contributed by atoms with van der Waals surface area (Å²) in [6.07, 6.45) is 1.66.